The highest BCUT2D eigenvalue weighted by Gasteiger charge is 2.42. The first-order valence-corrected chi connectivity index (χ1v) is 31.3. The molecule has 5 heterocycles. The van der Waals surface area contributed by atoms with Crippen molar-refractivity contribution in [3.8, 4) is 0 Å². The standard InChI is InChI=1S/C36H41BrClN7O2.C27H40N6O4/c1-23-41-30-9-5-6-10-31(30)44(23)16-15-39-35(46)32-22-43(17-18-45(32)36(47)42-28-7-3-2-4-8-28)34-29-14-13-27(38)20-24(29)11-12-25-19-26(37)21-40-33(25)34;1-19-29-21-12-8-9-13-22(21)32(19)15-14-28-24(34)23-18-31(26(36)37-27(2,3)4)16-17-33(23)25(35)30-20-10-6-5-7-11-20/h5-6,9-10,13-14,19-21,28,32,34H,2-4,7-8,11-12,15-18,22H2,1H3,(H,39,46)(H,42,47);8-9,12-13,20,23H,5-7,10-11,14-18H2,1-4H3,(H,28,34)(H,30,35)/t32-,34?;23-/m11/s1. The van der Waals surface area contributed by atoms with Gasteiger partial charge in [-0.3, -0.25) is 19.5 Å². The first kappa shape index (κ1) is 60.4. The number of para-hydroxylation sites is 4. The molecular formula is C63H81BrClN13O6. The molecular weight excluding hydrogens is 1150 g/mol. The number of amides is 7. The summed E-state index contributed by atoms with van der Waals surface area (Å²) in [5.74, 6) is 1.35. The third kappa shape index (κ3) is 14.5. The van der Waals surface area contributed by atoms with Crippen molar-refractivity contribution in [2.75, 3.05) is 52.4 Å². The number of piperazine rings is 2. The number of halogens is 2. The van der Waals surface area contributed by atoms with Gasteiger partial charge in [-0.25, -0.2) is 24.4 Å². The topological polar surface area (TPSA) is 204 Å². The van der Waals surface area contributed by atoms with Crippen LogP contribution >= 0.6 is 27.5 Å². The molecule has 2 saturated heterocycles. The molecule has 19 nitrogen and oxygen atoms in total. The van der Waals surface area contributed by atoms with Crippen LogP contribution in [0.4, 0.5) is 14.4 Å². The Hall–Kier alpha value is -6.77. The molecule has 7 amide bonds. The Morgan fingerprint density at radius 1 is 0.655 bits per heavy atom. The Bertz CT molecular complexity index is 3280. The number of fused-ring (bicyclic) bond motifs is 4. The number of nitrogens with zero attached hydrogens (tertiary/aromatic N) is 9. The van der Waals surface area contributed by atoms with Crippen LogP contribution in [-0.2, 0) is 40.3 Å². The lowest BCUT2D eigenvalue weighted by atomic mass is 9.95. The van der Waals surface area contributed by atoms with Crippen molar-refractivity contribution in [2.45, 2.75) is 161 Å². The van der Waals surface area contributed by atoms with Crippen molar-refractivity contribution >= 4 is 79.6 Å². The molecule has 6 aromatic rings. The summed E-state index contributed by atoms with van der Waals surface area (Å²) < 4.78 is 10.7. The number of urea groups is 2. The molecule has 2 aliphatic heterocycles. The number of carbonyl (C=O) groups is 5. The SMILES string of the molecule is Cc1nc2ccccc2n1CCNC(=O)[C@H]1CN(C(=O)OC(C)(C)C)CCN1C(=O)NC1CCCCC1.Cc1nc2ccccc2n1CCNC(=O)[C@H]1CN(C2c3ccc(Cl)cc3CCc3cc(Br)cnc32)CCN1C(=O)NC1CCCCC1. The Morgan fingerprint density at radius 3 is 1.74 bits per heavy atom. The van der Waals surface area contributed by atoms with E-state index in [-0.39, 0.29) is 55.1 Å². The van der Waals surface area contributed by atoms with Crippen LogP contribution in [0.15, 0.2) is 83.5 Å². The van der Waals surface area contributed by atoms with Crippen LogP contribution in [0, 0.1) is 13.8 Å². The van der Waals surface area contributed by atoms with Crippen molar-refractivity contribution in [3.05, 3.63) is 123 Å². The molecule has 448 valence electrons. The van der Waals surface area contributed by atoms with Crippen molar-refractivity contribution in [2.24, 2.45) is 0 Å². The molecule has 3 aromatic heterocycles. The molecule has 84 heavy (non-hydrogen) atoms. The lowest BCUT2D eigenvalue weighted by Gasteiger charge is -2.44. The van der Waals surface area contributed by atoms with Gasteiger partial charge in [0.1, 0.15) is 29.3 Å². The van der Waals surface area contributed by atoms with Crippen LogP contribution < -0.4 is 21.3 Å². The monoisotopic (exact) mass is 1230 g/mol. The predicted octanol–water partition coefficient (Wildman–Crippen LogP) is 9.61. The summed E-state index contributed by atoms with van der Waals surface area (Å²) in [5, 5.41) is 13.3. The molecule has 0 radical (unpaired) electrons. The van der Waals surface area contributed by atoms with E-state index in [0.717, 1.165) is 114 Å². The zero-order chi connectivity index (χ0) is 59.1. The van der Waals surface area contributed by atoms with Crippen molar-refractivity contribution < 1.29 is 28.7 Å². The molecule has 11 rings (SSSR count). The summed E-state index contributed by atoms with van der Waals surface area (Å²) in [5.41, 5.74) is 7.79. The van der Waals surface area contributed by atoms with E-state index in [4.69, 9.17) is 21.3 Å². The van der Waals surface area contributed by atoms with Gasteiger partial charge in [0.2, 0.25) is 11.8 Å². The van der Waals surface area contributed by atoms with E-state index < -0.39 is 23.8 Å². The van der Waals surface area contributed by atoms with Crippen LogP contribution in [0.3, 0.4) is 0 Å². The maximum Gasteiger partial charge on any atom is 0.410 e. The highest BCUT2D eigenvalue weighted by molar-refractivity contribution is 9.10. The third-order valence-corrected chi connectivity index (χ3v) is 17.7. The summed E-state index contributed by atoms with van der Waals surface area (Å²) in [6, 6.07) is 22.5. The highest BCUT2D eigenvalue weighted by Crippen LogP contribution is 2.39. The van der Waals surface area contributed by atoms with E-state index in [0.29, 0.717) is 57.4 Å². The molecule has 21 heteroatoms. The minimum absolute atomic E-state index is 0.0892. The second-order valence-electron chi connectivity index (χ2n) is 24.0. The van der Waals surface area contributed by atoms with Crippen molar-refractivity contribution in [3.63, 3.8) is 0 Å². The number of rotatable bonds is 11. The number of aromatic nitrogens is 5. The molecule has 3 aliphatic carbocycles. The normalized spacial score (nSPS) is 19.8. The fourth-order valence-corrected chi connectivity index (χ4v) is 13.4. The van der Waals surface area contributed by atoms with Gasteiger partial charge in [0.05, 0.1) is 40.3 Å². The van der Waals surface area contributed by atoms with E-state index in [1.165, 1.54) is 28.9 Å². The molecule has 3 atom stereocenters. The van der Waals surface area contributed by atoms with Gasteiger partial charge in [-0.2, -0.15) is 0 Å². The molecule has 0 spiro atoms. The van der Waals surface area contributed by atoms with Crippen LogP contribution in [0.5, 0.6) is 0 Å². The molecule has 1 unspecified atom stereocenters. The number of hydrogen-bond acceptors (Lipinski definition) is 10. The van der Waals surface area contributed by atoms with Crippen LogP contribution in [0.2, 0.25) is 5.02 Å². The molecule has 2 saturated carbocycles. The third-order valence-electron chi connectivity index (χ3n) is 17.1. The van der Waals surface area contributed by atoms with Crippen LogP contribution in [-0.4, -0.2) is 156 Å². The maximum absolute atomic E-state index is 14.1. The number of ether oxygens (including phenoxy) is 1. The van der Waals surface area contributed by atoms with E-state index in [2.05, 4.69) is 85.5 Å². The van der Waals surface area contributed by atoms with Gasteiger partial charge in [-0.05, 0) is 148 Å². The average Bonchev–Trinajstić information content (AvgIpc) is 3.88. The Balaban J connectivity index is 0.000000193. The molecule has 4 N–H and O–H groups in total. The molecule has 5 aliphatic rings. The number of carbonyl (C=O) groups excluding carboxylic acids is 5. The first-order valence-electron chi connectivity index (χ1n) is 30.2. The summed E-state index contributed by atoms with van der Waals surface area (Å²) in [4.78, 5) is 88.7. The van der Waals surface area contributed by atoms with E-state index in [1.54, 1.807) is 9.80 Å². The highest BCUT2D eigenvalue weighted by atomic mass is 79.9. The van der Waals surface area contributed by atoms with Gasteiger partial charge in [0.25, 0.3) is 0 Å². The van der Waals surface area contributed by atoms with Crippen molar-refractivity contribution in [1.29, 1.82) is 0 Å². The fourth-order valence-electron chi connectivity index (χ4n) is 12.8. The van der Waals surface area contributed by atoms with Gasteiger partial charge >= 0.3 is 18.2 Å². The van der Waals surface area contributed by atoms with E-state index in [1.807, 2.05) is 89.3 Å². The number of benzene rings is 3. The van der Waals surface area contributed by atoms with Crippen LogP contribution in [0.1, 0.15) is 125 Å². The molecule has 3 aromatic carbocycles. The minimum Gasteiger partial charge on any atom is -0.444 e. The van der Waals surface area contributed by atoms with E-state index in [9.17, 15) is 24.0 Å². The van der Waals surface area contributed by atoms with Gasteiger partial charge in [-0.15, -0.1) is 0 Å². The second kappa shape index (κ2) is 27.1. The minimum atomic E-state index is -0.800. The lowest BCUT2D eigenvalue weighted by molar-refractivity contribution is -0.128. The summed E-state index contributed by atoms with van der Waals surface area (Å²) in [6.45, 7) is 13.4. The molecule has 4 fully saturated rings. The van der Waals surface area contributed by atoms with Gasteiger partial charge in [0, 0.05) is 86.7 Å². The number of pyridine rings is 1. The maximum atomic E-state index is 14.1. The predicted molar refractivity (Wildman–Crippen MR) is 329 cm³/mol. The fraction of sp³-hybridized carbons (Fsp3) is 0.524. The smallest absolute Gasteiger partial charge is 0.410 e. The number of imidazole rings is 2. The summed E-state index contributed by atoms with van der Waals surface area (Å²) >= 11 is 10.1. The zero-order valence-electron chi connectivity index (χ0n) is 49.2. The number of aryl methyl sites for hydroxylation is 4. The van der Waals surface area contributed by atoms with Gasteiger partial charge in [-0.1, -0.05) is 80.5 Å². The number of hydrogen-bond donors (Lipinski definition) is 4. The Labute approximate surface area is 506 Å². The largest absolute Gasteiger partial charge is 0.444 e. The van der Waals surface area contributed by atoms with Gasteiger partial charge in [0.15, 0.2) is 0 Å². The average molecular weight is 1230 g/mol. The zero-order valence-corrected chi connectivity index (χ0v) is 51.5. The molecule has 0 bridgehead atoms. The summed E-state index contributed by atoms with van der Waals surface area (Å²) in [7, 11) is 0. The second-order valence-corrected chi connectivity index (χ2v) is 25.4. The Kier molecular flexibility index (Phi) is 19.5. The van der Waals surface area contributed by atoms with E-state index >= 15 is 0 Å². The van der Waals surface area contributed by atoms with Crippen molar-refractivity contribution in [1.82, 2.24) is 65.0 Å². The summed E-state index contributed by atoms with van der Waals surface area (Å²) in [6.07, 6.45) is 13.8. The quantitative estimate of drug-likeness (QED) is 0.0967. The van der Waals surface area contributed by atoms with Gasteiger partial charge < -0.3 is 49.8 Å². The Morgan fingerprint density at radius 2 is 1.18 bits per heavy atom. The first-order chi connectivity index (χ1) is 40.5. The van der Waals surface area contributed by atoms with Crippen LogP contribution in [0.25, 0.3) is 22.1 Å². The lowest BCUT2D eigenvalue weighted by Crippen LogP contribution is -2.64. The number of nitrogens with one attached hydrogen (secondary N) is 4.